The van der Waals surface area contributed by atoms with Gasteiger partial charge in [-0.2, -0.15) is 5.26 Å². The van der Waals surface area contributed by atoms with Gasteiger partial charge >= 0.3 is 6.03 Å². The van der Waals surface area contributed by atoms with E-state index in [-0.39, 0.29) is 11.8 Å². The number of rotatable bonds is 3. The molecule has 2 aliphatic rings. The molecule has 1 saturated carbocycles. The first kappa shape index (κ1) is 16.6. The summed E-state index contributed by atoms with van der Waals surface area (Å²) in [4.78, 5) is 14.4. The fraction of sp³-hybridized carbons (Fsp3) is 0.333. The van der Waals surface area contributed by atoms with Crippen LogP contribution in [0.15, 0.2) is 36.4 Å². The van der Waals surface area contributed by atoms with Gasteiger partial charge in [-0.15, -0.1) is 0 Å². The average Bonchev–Trinajstić information content (AvgIpc) is 3.48. The zero-order valence-corrected chi connectivity index (χ0v) is 14.5. The molecule has 4 rings (SSSR count). The van der Waals surface area contributed by atoms with Gasteiger partial charge in [-0.25, -0.2) is 9.18 Å². The number of carbonyl (C=O) groups is 1. The average molecular weight is 349 g/mol. The molecule has 1 N–H and O–H groups in total. The Morgan fingerprint density at radius 1 is 1.31 bits per heavy atom. The summed E-state index contributed by atoms with van der Waals surface area (Å²) in [5.41, 5.74) is 4.68. The molecule has 1 heterocycles. The van der Waals surface area contributed by atoms with Crippen LogP contribution in [0.2, 0.25) is 0 Å². The molecule has 5 heteroatoms. The van der Waals surface area contributed by atoms with Crippen LogP contribution in [0, 0.1) is 17.1 Å². The molecule has 2 aromatic carbocycles. The SMILES string of the molecule is N#CCc1cccc2c1CCN(C(=O)Nc1ccc(F)c(C3CC3)c1)C2. The number of hydrogen-bond acceptors (Lipinski definition) is 2. The second kappa shape index (κ2) is 6.80. The highest BCUT2D eigenvalue weighted by atomic mass is 19.1. The Morgan fingerprint density at radius 2 is 2.15 bits per heavy atom. The van der Waals surface area contributed by atoms with Crippen molar-refractivity contribution in [2.24, 2.45) is 0 Å². The zero-order chi connectivity index (χ0) is 18.1. The largest absolute Gasteiger partial charge is 0.322 e. The zero-order valence-electron chi connectivity index (χ0n) is 14.5. The third-order valence-corrected chi connectivity index (χ3v) is 5.18. The lowest BCUT2D eigenvalue weighted by molar-refractivity contribution is 0.206. The molecule has 0 bridgehead atoms. The van der Waals surface area contributed by atoms with Crippen LogP contribution < -0.4 is 5.32 Å². The molecule has 2 amide bonds. The number of amides is 2. The second-order valence-corrected chi connectivity index (χ2v) is 7.00. The van der Waals surface area contributed by atoms with E-state index in [2.05, 4.69) is 11.4 Å². The molecular formula is C21H20FN3O. The quantitative estimate of drug-likeness (QED) is 0.895. The van der Waals surface area contributed by atoms with Crippen LogP contribution in [0.3, 0.4) is 0 Å². The van der Waals surface area contributed by atoms with Crippen LogP contribution in [0.1, 0.15) is 41.0 Å². The number of carbonyl (C=O) groups excluding carboxylic acids is 1. The van der Waals surface area contributed by atoms with Gasteiger partial charge in [0, 0.05) is 18.8 Å². The first-order chi connectivity index (χ1) is 12.7. The highest BCUT2D eigenvalue weighted by molar-refractivity contribution is 5.89. The minimum atomic E-state index is -0.192. The lowest BCUT2D eigenvalue weighted by atomic mass is 9.93. The summed E-state index contributed by atoms with van der Waals surface area (Å²) in [5.74, 6) is 0.106. The van der Waals surface area contributed by atoms with Crippen LogP contribution in [0.4, 0.5) is 14.9 Å². The first-order valence-electron chi connectivity index (χ1n) is 8.97. The van der Waals surface area contributed by atoms with Crippen molar-refractivity contribution < 1.29 is 9.18 Å². The maximum Gasteiger partial charge on any atom is 0.322 e. The second-order valence-electron chi connectivity index (χ2n) is 7.00. The lowest BCUT2D eigenvalue weighted by Crippen LogP contribution is -2.39. The van der Waals surface area contributed by atoms with Gasteiger partial charge in [-0.1, -0.05) is 18.2 Å². The topological polar surface area (TPSA) is 56.1 Å². The Hall–Kier alpha value is -2.87. The fourth-order valence-electron chi connectivity index (χ4n) is 3.64. The minimum Gasteiger partial charge on any atom is -0.320 e. The third kappa shape index (κ3) is 3.28. The fourth-order valence-corrected chi connectivity index (χ4v) is 3.64. The predicted molar refractivity (Wildman–Crippen MR) is 97.3 cm³/mol. The van der Waals surface area contributed by atoms with Crippen molar-refractivity contribution in [2.75, 3.05) is 11.9 Å². The molecule has 4 nitrogen and oxygen atoms in total. The number of fused-ring (bicyclic) bond motifs is 1. The molecule has 1 fully saturated rings. The Balaban J connectivity index is 1.47. The van der Waals surface area contributed by atoms with Gasteiger partial charge in [0.25, 0.3) is 0 Å². The van der Waals surface area contributed by atoms with Crippen LogP contribution >= 0.6 is 0 Å². The summed E-state index contributed by atoms with van der Waals surface area (Å²) in [5, 5.41) is 11.9. The van der Waals surface area contributed by atoms with Gasteiger partial charge < -0.3 is 10.2 Å². The molecule has 2 aromatic rings. The van der Waals surface area contributed by atoms with E-state index in [1.807, 2.05) is 18.2 Å². The number of urea groups is 1. The first-order valence-corrected chi connectivity index (χ1v) is 8.97. The van der Waals surface area contributed by atoms with Crippen LogP contribution in [-0.2, 0) is 19.4 Å². The van der Waals surface area contributed by atoms with E-state index in [1.54, 1.807) is 17.0 Å². The smallest absolute Gasteiger partial charge is 0.320 e. The van der Waals surface area contributed by atoms with Crippen molar-refractivity contribution in [1.82, 2.24) is 4.90 Å². The van der Waals surface area contributed by atoms with Gasteiger partial charge in [0.2, 0.25) is 0 Å². The Bertz CT molecular complexity index is 899. The van der Waals surface area contributed by atoms with E-state index in [0.717, 1.165) is 30.4 Å². The molecule has 0 aromatic heterocycles. The van der Waals surface area contributed by atoms with E-state index < -0.39 is 0 Å². The molecule has 0 atom stereocenters. The molecule has 132 valence electrons. The highest BCUT2D eigenvalue weighted by Crippen LogP contribution is 2.42. The van der Waals surface area contributed by atoms with Crippen LogP contribution in [0.5, 0.6) is 0 Å². The monoisotopic (exact) mass is 349 g/mol. The lowest BCUT2D eigenvalue weighted by Gasteiger charge is -2.30. The molecule has 0 spiro atoms. The Morgan fingerprint density at radius 3 is 2.92 bits per heavy atom. The number of anilines is 1. The summed E-state index contributed by atoms with van der Waals surface area (Å²) in [7, 11) is 0. The number of hydrogen-bond donors (Lipinski definition) is 1. The maximum atomic E-state index is 13.9. The van der Waals surface area contributed by atoms with E-state index in [1.165, 1.54) is 11.6 Å². The summed E-state index contributed by atoms with van der Waals surface area (Å²) in [6, 6.07) is 12.8. The number of nitriles is 1. The highest BCUT2D eigenvalue weighted by Gasteiger charge is 2.27. The summed E-state index contributed by atoms with van der Waals surface area (Å²) < 4.78 is 13.9. The normalized spacial score (nSPS) is 15.9. The summed E-state index contributed by atoms with van der Waals surface area (Å²) in [6.07, 6.45) is 3.18. The van der Waals surface area contributed by atoms with E-state index in [9.17, 15) is 9.18 Å². The van der Waals surface area contributed by atoms with Crippen LogP contribution in [0.25, 0.3) is 0 Å². The standard InChI is InChI=1S/C21H20FN3O/c22-20-7-6-17(12-19(20)15-4-5-15)24-21(26)25-11-9-18-14(8-10-23)2-1-3-16(18)13-25/h1-3,6-7,12,15H,4-5,8-9,11,13H2,(H,24,26). The molecule has 1 aliphatic carbocycles. The molecule has 0 unspecified atom stereocenters. The van der Waals surface area contributed by atoms with E-state index in [0.29, 0.717) is 36.7 Å². The maximum absolute atomic E-state index is 13.9. The molecule has 0 saturated heterocycles. The van der Waals surface area contributed by atoms with Gasteiger partial charge in [0.1, 0.15) is 5.82 Å². The predicted octanol–water partition coefficient (Wildman–Crippen LogP) is 4.36. The molecule has 0 radical (unpaired) electrons. The van der Waals surface area contributed by atoms with Crippen molar-refractivity contribution in [3.8, 4) is 6.07 Å². The van der Waals surface area contributed by atoms with Gasteiger partial charge in [-0.3, -0.25) is 0 Å². The van der Waals surface area contributed by atoms with Crippen molar-refractivity contribution in [3.63, 3.8) is 0 Å². The third-order valence-electron chi connectivity index (χ3n) is 5.18. The number of benzene rings is 2. The van der Waals surface area contributed by atoms with Gasteiger partial charge in [-0.05, 0) is 65.6 Å². The van der Waals surface area contributed by atoms with E-state index >= 15 is 0 Å². The number of nitrogens with one attached hydrogen (secondary N) is 1. The summed E-state index contributed by atoms with van der Waals surface area (Å²) in [6.45, 7) is 1.13. The van der Waals surface area contributed by atoms with Crippen LogP contribution in [-0.4, -0.2) is 17.5 Å². The van der Waals surface area contributed by atoms with Gasteiger partial charge in [0.05, 0.1) is 12.5 Å². The Kier molecular flexibility index (Phi) is 4.34. The van der Waals surface area contributed by atoms with Crippen molar-refractivity contribution >= 4 is 11.7 Å². The number of halogens is 1. The molecule has 1 aliphatic heterocycles. The van der Waals surface area contributed by atoms with Gasteiger partial charge in [0.15, 0.2) is 0 Å². The number of nitrogens with zero attached hydrogens (tertiary/aromatic N) is 2. The van der Waals surface area contributed by atoms with Crippen molar-refractivity contribution in [1.29, 1.82) is 5.26 Å². The van der Waals surface area contributed by atoms with E-state index in [4.69, 9.17) is 5.26 Å². The van der Waals surface area contributed by atoms with Crippen molar-refractivity contribution in [3.05, 3.63) is 64.5 Å². The minimum absolute atomic E-state index is 0.172. The Labute approximate surface area is 152 Å². The van der Waals surface area contributed by atoms with Crippen molar-refractivity contribution in [2.45, 2.75) is 38.1 Å². The molecular weight excluding hydrogens is 329 g/mol. The molecule has 26 heavy (non-hydrogen) atoms. The summed E-state index contributed by atoms with van der Waals surface area (Å²) >= 11 is 0.